The van der Waals surface area contributed by atoms with Crippen LogP contribution in [0.15, 0.2) is 18.2 Å². The highest BCUT2D eigenvalue weighted by molar-refractivity contribution is 5.93. The monoisotopic (exact) mass is 182 g/mol. The topological polar surface area (TPSA) is 84.6 Å². The number of para-hydroxylation sites is 1. The van der Waals surface area contributed by atoms with Gasteiger partial charge in [-0.1, -0.05) is 6.07 Å². The summed E-state index contributed by atoms with van der Waals surface area (Å²) in [6, 6.07) is 4.66. The molecule has 70 valence electrons. The van der Waals surface area contributed by atoms with Crippen LogP contribution in [0.25, 0.3) is 0 Å². The first kappa shape index (κ1) is 9.34. The summed E-state index contributed by atoms with van der Waals surface area (Å²) in [5.74, 6) is 4.36. The van der Waals surface area contributed by atoms with E-state index in [0.717, 1.165) is 0 Å². The van der Waals surface area contributed by atoms with Gasteiger partial charge in [-0.25, -0.2) is 4.79 Å². The number of rotatable bonds is 3. The molecule has 0 radical (unpaired) electrons. The third kappa shape index (κ3) is 1.70. The van der Waals surface area contributed by atoms with Crippen LogP contribution in [0.3, 0.4) is 0 Å². The highest BCUT2D eigenvalue weighted by Gasteiger charge is 2.13. The van der Waals surface area contributed by atoms with E-state index in [0.29, 0.717) is 5.69 Å². The fraction of sp³-hybridized carbons (Fsp3) is 0.125. The van der Waals surface area contributed by atoms with Gasteiger partial charge in [-0.15, -0.1) is 0 Å². The molecule has 0 atom stereocenters. The van der Waals surface area contributed by atoms with Gasteiger partial charge in [0.15, 0.2) is 5.75 Å². The Morgan fingerprint density at radius 3 is 2.77 bits per heavy atom. The Labute approximate surface area is 75.1 Å². The average molecular weight is 182 g/mol. The summed E-state index contributed by atoms with van der Waals surface area (Å²) in [4.78, 5) is 10.7. The minimum atomic E-state index is -1.05. The second-order valence-electron chi connectivity index (χ2n) is 2.34. The van der Waals surface area contributed by atoms with E-state index in [-0.39, 0.29) is 11.3 Å². The van der Waals surface area contributed by atoms with Gasteiger partial charge in [-0.2, -0.15) is 0 Å². The molecule has 0 bridgehead atoms. The summed E-state index contributed by atoms with van der Waals surface area (Å²) in [6.07, 6.45) is 0. The van der Waals surface area contributed by atoms with E-state index in [1.54, 1.807) is 12.1 Å². The van der Waals surface area contributed by atoms with Gasteiger partial charge in [0, 0.05) is 0 Å². The van der Waals surface area contributed by atoms with Crippen LogP contribution in [0.5, 0.6) is 5.75 Å². The van der Waals surface area contributed by atoms with E-state index < -0.39 is 5.97 Å². The summed E-state index contributed by atoms with van der Waals surface area (Å²) in [7, 11) is 1.39. The smallest absolute Gasteiger partial charge is 0.339 e. The Morgan fingerprint density at radius 1 is 1.62 bits per heavy atom. The summed E-state index contributed by atoms with van der Waals surface area (Å²) in [6.45, 7) is 0. The number of benzene rings is 1. The molecule has 1 rings (SSSR count). The predicted molar refractivity (Wildman–Crippen MR) is 47.8 cm³/mol. The van der Waals surface area contributed by atoms with Crippen molar-refractivity contribution < 1.29 is 14.6 Å². The summed E-state index contributed by atoms with van der Waals surface area (Å²) in [5, 5.41) is 8.77. The van der Waals surface area contributed by atoms with Crippen LogP contribution in [0.2, 0.25) is 0 Å². The largest absolute Gasteiger partial charge is 0.494 e. The molecule has 0 unspecified atom stereocenters. The van der Waals surface area contributed by atoms with Crippen molar-refractivity contribution in [3.05, 3.63) is 23.8 Å². The van der Waals surface area contributed by atoms with Gasteiger partial charge >= 0.3 is 5.97 Å². The van der Waals surface area contributed by atoms with Gasteiger partial charge in [0.2, 0.25) is 0 Å². The molecule has 0 aliphatic rings. The Bertz CT molecular complexity index is 325. The maximum atomic E-state index is 10.7. The van der Waals surface area contributed by atoms with Gasteiger partial charge in [-0.3, -0.25) is 5.84 Å². The van der Waals surface area contributed by atoms with E-state index in [2.05, 4.69) is 5.43 Å². The zero-order valence-corrected chi connectivity index (χ0v) is 7.07. The summed E-state index contributed by atoms with van der Waals surface area (Å²) >= 11 is 0. The number of carbonyl (C=O) groups is 1. The fourth-order valence-corrected chi connectivity index (χ4v) is 1.04. The number of hydrazine groups is 1. The van der Waals surface area contributed by atoms with Gasteiger partial charge in [-0.05, 0) is 12.1 Å². The van der Waals surface area contributed by atoms with Gasteiger partial charge in [0.1, 0.15) is 5.56 Å². The van der Waals surface area contributed by atoms with Crippen LogP contribution < -0.4 is 16.0 Å². The zero-order valence-electron chi connectivity index (χ0n) is 7.07. The first-order chi connectivity index (χ1) is 6.20. The molecule has 0 heterocycles. The van der Waals surface area contributed by atoms with E-state index in [1.165, 1.54) is 13.2 Å². The molecule has 4 N–H and O–H groups in total. The van der Waals surface area contributed by atoms with Gasteiger partial charge < -0.3 is 15.3 Å². The van der Waals surface area contributed by atoms with Crippen molar-refractivity contribution in [2.75, 3.05) is 12.5 Å². The van der Waals surface area contributed by atoms with Crippen molar-refractivity contribution in [2.24, 2.45) is 5.84 Å². The second kappa shape index (κ2) is 3.77. The number of nitrogens with two attached hydrogens (primary N) is 1. The number of anilines is 1. The number of nitrogen functional groups attached to an aromatic ring is 1. The lowest BCUT2D eigenvalue weighted by Crippen LogP contribution is -2.10. The van der Waals surface area contributed by atoms with Gasteiger partial charge in [0.05, 0.1) is 12.8 Å². The van der Waals surface area contributed by atoms with Crippen LogP contribution in [-0.2, 0) is 0 Å². The number of nitrogens with one attached hydrogen (secondary N) is 1. The Hall–Kier alpha value is -1.75. The normalized spacial score (nSPS) is 9.38. The fourth-order valence-electron chi connectivity index (χ4n) is 1.04. The number of methoxy groups -OCH3 is 1. The average Bonchev–Trinajstić information content (AvgIpc) is 2.16. The van der Waals surface area contributed by atoms with Gasteiger partial charge in [0.25, 0.3) is 0 Å². The van der Waals surface area contributed by atoms with Crippen molar-refractivity contribution >= 4 is 11.7 Å². The quantitative estimate of drug-likeness (QED) is 0.472. The molecule has 0 saturated heterocycles. The van der Waals surface area contributed by atoms with Crippen molar-refractivity contribution in [2.45, 2.75) is 0 Å². The maximum Gasteiger partial charge on any atom is 0.339 e. The minimum Gasteiger partial charge on any atom is -0.494 e. The van der Waals surface area contributed by atoms with Crippen LogP contribution >= 0.6 is 0 Å². The first-order valence-electron chi connectivity index (χ1n) is 3.57. The highest BCUT2D eigenvalue weighted by atomic mass is 16.5. The second-order valence-corrected chi connectivity index (χ2v) is 2.34. The highest BCUT2D eigenvalue weighted by Crippen LogP contribution is 2.27. The minimum absolute atomic E-state index is 0.0814. The number of hydrogen-bond acceptors (Lipinski definition) is 4. The molecule has 0 spiro atoms. The van der Waals surface area contributed by atoms with E-state index in [1.807, 2.05) is 0 Å². The molecular formula is C8H10N2O3. The number of carboxylic acid groups (broad SMARTS) is 1. The van der Waals surface area contributed by atoms with Crippen LogP contribution in [0, 0.1) is 0 Å². The molecular weight excluding hydrogens is 172 g/mol. The molecule has 5 heteroatoms. The first-order valence-corrected chi connectivity index (χ1v) is 3.57. The lowest BCUT2D eigenvalue weighted by Gasteiger charge is -2.09. The van der Waals surface area contributed by atoms with Crippen molar-refractivity contribution in [1.29, 1.82) is 0 Å². The maximum absolute atomic E-state index is 10.7. The van der Waals surface area contributed by atoms with Crippen LogP contribution in [-0.4, -0.2) is 18.2 Å². The SMILES string of the molecule is COc1c(NN)cccc1C(=O)O. The lowest BCUT2D eigenvalue weighted by molar-refractivity contribution is 0.0693. The van der Waals surface area contributed by atoms with Crippen LogP contribution in [0.1, 0.15) is 10.4 Å². The molecule has 0 saturated carbocycles. The number of carboxylic acids is 1. The molecule has 1 aromatic carbocycles. The molecule has 5 nitrogen and oxygen atoms in total. The molecule has 0 aromatic heterocycles. The number of ether oxygens (including phenoxy) is 1. The zero-order chi connectivity index (χ0) is 9.84. The Balaban J connectivity index is 3.27. The Kier molecular flexibility index (Phi) is 2.71. The molecule has 0 aliphatic heterocycles. The standard InChI is InChI=1S/C8H10N2O3/c1-13-7-5(8(11)12)3-2-4-6(7)10-9/h2-4,10H,9H2,1H3,(H,11,12). The molecule has 13 heavy (non-hydrogen) atoms. The summed E-state index contributed by atoms with van der Waals surface area (Å²) in [5.41, 5.74) is 2.88. The van der Waals surface area contributed by atoms with E-state index in [4.69, 9.17) is 15.7 Å². The Morgan fingerprint density at radius 2 is 2.31 bits per heavy atom. The molecule has 0 aliphatic carbocycles. The third-order valence-corrected chi connectivity index (χ3v) is 1.61. The molecule has 1 aromatic rings. The number of aromatic carboxylic acids is 1. The van der Waals surface area contributed by atoms with E-state index in [9.17, 15) is 4.79 Å². The lowest BCUT2D eigenvalue weighted by atomic mass is 10.2. The molecule has 0 fully saturated rings. The van der Waals surface area contributed by atoms with Crippen LogP contribution in [0.4, 0.5) is 5.69 Å². The summed E-state index contributed by atoms with van der Waals surface area (Å²) < 4.78 is 4.91. The number of hydrogen-bond donors (Lipinski definition) is 3. The third-order valence-electron chi connectivity index (χ3n) is 1.61. The van der Waals surface area contributed by atoms with Crippen molar-refractivity contribution in [1.82, 2.24) is 0 Å². The van der Waals surface area contributed by atoms with Crippen molar-refractivity contribution in [3.8, 4) is 5.75 Å². The molecule has 0 amide bonds. The predicted octanol–water partition coefficient (Wildman–Crippen LogP) is 0.679. The van der Waals surface area contributed by atoms with E-state index >= 15 is 0 Å². The van der Waals surface area contributed by atoms with Crippen molar-refractivity contribution in [3.63, 3.8) is 0 Å².